The average Bonchev–Trinajstić information content (AvgIpc) is 2.63. The largest absolute Gasteiger partial charge is 0.493 e. The van der Waals surface area contributed by atoms with Gasteiger partial charge in [-0.3, -0.25) is 10.1 Å². The van der Waals surface area contributed by atoms with Crippen molar-refractivity contribution < 1.29 is 9.66 Å². The summed E-state index contributed by atoms with van der Waals surface area (Å²) in [6, 6.07) is 24.3. The minimum absolute atomic E-state index is 0.0755. The maximum atomic E-state index is 11.0. The standard InChI is InChI=1S/C20H17NO3/c22-21(23)18-10-6-9-17(15-18)19-11-4-5-12-20(19)24-14-13-16-7-2-1-3-8-16/h1-12,15H,13-14H2. The summed E-state index contributed by atoms with van der Waals surface area (Å²) in [6.07, 6.45) is 0.810. The van der Waals surface area contributed by atoms with E-state index in [1.165, 1.54) is 11.6 Å². The van der Waals surface area contributed by atoms with Gasteiger partial charge in [0.2, 0.25) is 0 Å². The summed E-state index contributed by atoms with van der Waals surface area (Å²) in [6.45, 7) is 0.552. The quantitative estimate of drug-likeness (QED) is 0.480. The van der Waals surface area contributed by atoms with Crippen LogP contribution in [0.25, 0.3) is 11.1 Å². The van der Waals surface area contributed by atoms with Crippen LogP contribution in [0.5, 0.6) is 5.75 Å². The monoisotopic (exact) mass is 319 g/mol. The van der Waals surface area contributed by atoms with Gasteiger partial charge in [-0.25, -0.2) is 0 Å². The zero-order valence-corrected chi connectivity index (χ0v) is 13.1. The lowest BCUT2D eigenvalue weighted by atomic mass is 10.0. The normalized spacial score (nSPS) is 10.3. The van der Waals surface area contributed by atoms with Crippen molar-refractivity contribution in [1.82, 2.24) is 0 Å². The zero-order valence-electron chi connectivity index (χ0n) is 13.1. The van der Waals surface area contributed by atoms with Crippen LogP contribution in [0.15, 0.2) is 78.9 Å². The van der Waals surface area contributed by atoms with E-state index in [-0.39, 0.29) is 10.6 Å². The maximum Gasteiger partial charge on any atom is 0.270 e. The lowest BCUT2D eigenvalue weighted by molar-refractivity contribution is -0.384. The van der Waals surface area contributed by atoms with E-state index in [9.17, 15) is 10.1 Å². The van der Waals surface area contributed by atoms with Gasteiger partial charge in [-0.2, -0.15) is 0 Å². The second-order valence-corrected chi connectivity index (χ2v) is 5.39. The highest BCUT2D eigenvalue weighted by molar-refractivity contribution is 5.72. The second kappa shape index (κ2) is 7.42. The fourth-order valence-electron chi connectivity index (χ4n) is 2.54. The Morgan fingerprint density at radius 1 is 0.875 bits per heavy atom. The summed E-state index contributed by atoms with van der Waals surface area (Å²) in [4.78, 5) is 10.6. The van der Waals surface area contributed by atoms with Gasteiger partial charge in [-0.15, -0.1) is 0 Å². The van der Waals surface area contributed by atoms with Crippen molar-refractivity contribution in [2.45, 2.75) is 6.42 Å². The van der Waals surface area contributed by atoms with Gasteiger partial charge in [0, 0.05) is 24.1 Å². The molecule has 0 aliphatic heterocycles. The number of hydrogen-bond donors (Lipinski definition) is 0. The smallest absolute Gasteiger partial charge is 0.270 e. The van der Waals surface area contributed by atoms with Gasteiger partial charge in [0.05, 0.1) is 11.5 Å². The molecule has 0 heterocycles. The van der Waals surface area contributed by atoms with Crippen molar-refractivity contribution in [3.63, 3.8) is 0 Å². The molecule has 0 N–H and O–H groups in total. The molecule has 120 valence electrons. The highest BCUT2D eigenvalue weighted by Gasteiger charge is 2.10. The molecule has 0 bridgehead atoms. The predicted molar refractivity (Wildman–Crippen MR) is 94.2 cm³/mol. The topological polar surface area (TPSA) is 52.4 Å². The van der Waals surface area contributed by atoms with Crippen LogP contribution in [0, 0.1) is 10.1 Å². The van der Waals surface area contributed by atoms with E-state index in [1.807, 2.05) is 48.5 Å². The molecule has 0 spiro atoms. The van der Waals surface area contributed by atoms with Crippen molar-refractivity contribution in [1.29, 1.82) is 0 Å². The molecule has 0 saturated carbocycles. The van der Waals surface area contributed by atoms with Gasteiger partial charge in [0.25, 0.3) is 5.69 Å². The highest BCUT2D eigenvalue weighted by atomic mass is 16.6. The van der Waals surface area contributed by atoms with Crippen molar-refractivity contribution in [2.75, 3.05) is 6.61 Å². The average molecular weight is 319 g/mol. The summed E-state index contributed by atoms with van der Waals surface area (Å²) in [5, 5.41) is 11.0. The van der Waals surface area contributed by atoms with Crippen LogP contribution in [-0.4, -0.2) is 11.5 Å². The van der Waals surface area contributed by atoms with Crippen molar-refractivity contribution >= 4 is 5.69 Å². The number of nitrogens with zero attached hydrogens (tertiary/aromatic N) is 1. The Kier molecular flexibility index (Phi) is 4.87. The summed E-state index contributed by atoms with van der Waals surface area (Å²) in [7, 11) is 0. The number of hydrogen-bond acceptors (Lipinski definition) is 3. The molecule has 3 aromatic carbocycles. The molecule has 0 amide bonds. The Balaban J connectivity index is 1.78. The van der Waals surface area contributed by atoms with E-state index in [1.54, 1.807) is 12.1 Å². The van der Waals surface area contributed by atoms with Crippen molar-refractivity contribution in [2.24, 2.45) is 0 Å². The molecular formula is C20H17NO3. The minimum atomic E-state index is -0.387. The summed E-state index contributed by atoms with van der Waals surface area (Å²) >= 11 is 0. The molecule has 0 aliphatic carbocycles. The lowest BCUT2D eigenvalue weighted by Crippen LogP contribution is -2.02. The number of non-ortho nitro benzene ring substituents is 1. The third-order valence-corrected chi connectivity index (χ3v) is 3.75. The Morgan fingerprint density at radius 3 is 2.42 bits per heavy atom. The van der Waals surface area contributed by atoms with Crippen LogP contribution in [0.3, 0.4) is 0 Å². The van der Waals surface area contributed by atoms with Crippen LogP contribution in [0.4, 0.5) is 5.69 Å². The SMILES string of the molecule is O=[N+]([O-])c1cccc(-c2ccccc2OCCc2ccccc2)c1. The molecule has 3 aromatic rings. The number of ether oxygens (including phenoxy) is 1. The van der Waals surface area contributed by atoms with E-state index >= 15 is 0 Å². The van der Waals surface area contributed by atoms with Crippen LogP contribution in [0.2, 0.25) is 0 Å². The number of para-hydroxylation sites is 1. The molecular weight excluding hydrogens is 302 g/mol. The molecule has 0 aliphatic rings. The molecule has 4 heteroatoms. The fourth-order valence-corrected chi connectivity index (χ4v) is 2.54. The molecule has 24 heavy (non-hydrogen) atoms. The summed E-state index contributed by atoms with van der Waals surface area (Å²) in [5.41, 5.74) is 2.92. The Hall–Kier alpha value is -3.14. The first-order valence-electron chi connectivity index (χ1n) is 7.74. The molecule has 4 nitrogen and oxygen atoms in total. The number of rotatable bonds is 6. The minimum Gasteiger partial charge on any atom is -0.493 e. The Bertz CT molecular complexity index is 831. The van der Waals surface area contributed by atoms with Gasteiger partial charge in [-0.05, 0) is 17.2 Å². The molecule has 0 aromatic heterocycles. The van der Waals surface area contributed by atoms with E-state index in [4.69, 9.17) is 4.74 Å². The Labute approximate surface area is 140 Å². The van der Waals surface area contributed by atoms with Crippen molar-refractivity contribution in [3.05, 3.63) is 94.5 Å². The molecule has 0 radical (unpaired) electrons. The second-order valence-electron chi connectivity index (χ2n) is 5.39. The number of benzene rings is 3. The van der Waals surface area contributed by atoms with E-state index in [2.05, 4.69) is 12.1 Å². The van der Waals surface area contributed by atoms with Gasteiger partial charge in [0.1, 0.15) is 5.75 Å². The molecule has 0 fully saturated rings. The van der Waals surface area contributed by atoms with Gasteiger partial charge >= 0.3 is 0 Å². The first-order valence-corrected chi connectivity index (χ1v) is 7.74. The summed E-state index contributed by atoms with van der Waals surface area (Å²) in [5.74, 6) is 0.730. The first-order chi connectivity index (χ1) is 11.7. The van der Waals surface area contributed by atoms with Crippen LogP contribution < -0.4 is 4.74 Å². The molecule has 3 rings (SSSR count). The third kappa shape index (κ3) is 3.79. The van der Waals surface area contributed by atoms with Crippen LogP contribution >= 0.6 is 0 Å². The Morgan fingerprint density at radius 2 is 1.62 bits per heavy atom. The van der Waals surface area contributed by atoms with Gasteiger partial charge in [0.15, 0.2) is 0 Å². The van der Waals surface area contributed by atoms with Gasteiger partial charge < -0.3 is 4.74 Å². The third-order valence-electron chi connectivity index (χ3n) is 3.75. The zero-order chi connectivity index (χ0) is 16.8. The van der Waals surface area contributed by atoms with E-state index < -0.39 is 0 Å². The summed E-state index contributed by atoms with van der Waals surface area (Å²) < 4.78 is 5.93. The van der Waals surface area contributed by atoms with Crippen LogP contribution in [0.1, 0.15) is 5.56 Å². The highest BCUT2D eigenvalue weighted by Crippen LogP contribution is 2.31. The molecule has 0 atom stereocenters. The molecule has 0 saturated heterocycles. The predicted octanol–water partition coefficient (Wildman–Crippen LogP) is 4.88. The van der Waals surface area contributed by atoms with E-state index in [0.29, 0.717) is 6.61 Å². The maximum absolute atomic E-state index is 11.0. The van der Waals surface area contributed by atoms with Gasteiger partial charge in [-0.1, -0.05) is 60.7 Å². The number of nitro groups is 1. The fraction of sp³-hybridized carbons (Fsp3) is 0.100. The lowest BCUT2D eigenvalue weighted by Gasteiger charge is -2.11. The molecule has 0 unspecified atom stereocenters. The van der Waals surface area contributed by atoms with E-state index in [0.717, 1.165) is 23.3 Å². The number of nitro benzene ring substituents is 1. The first kappa shape index (κ1) is 15.7. The van der Waals surface area contributed by atoms with Crippen molar-refractivity contribution in [3.8, 4) is 16.9 Å². The van der Waals surface area contributed by atoms with Crippen LogP contribution in [-0.2, 0) is 6.42 Å².